The van der Waals surface area contributed by atoms with Gasteiger partial charge in [-0.2, -0.15) is 0 Å². The van der Waals surface area contributed by atoms with Crippen molar-refractivity contribution in [3.05, 3.63) is 23.9 Å². The van der Waals surface area contributed by atoms with Crippen molar-refractivity contribution in [1.82, 2.24) is 10.3 Å². The summed E-state index contributed by atoms with van der Waals surface area (Å²) in [6.07, 6.45) is 3.51. The van der Waals surface area contributed by atoms with Crippen LogP contribution in [0.25, 0.3) is 0 Å². The van der Waals surface area contributed by atoms with Crippen molar-refractivity contribution in [3.63, 3.8) is 0 Å². The van der Waals surface area contributed by atoms with Gasteiger partial charge < -0.3 is 11.1 Å². The van der Waals surface area contributed by atoms with E-state index >= 15 is 0 Å². The van der Waals surface area contributed by atoms with E-state index in [1.54, 1.807) is 25.3 Å². The highest BCUT2D eigenvalue weighted by atomic mass is 19.1. The van der Waals surface area contributed by atoms with E-state index in [0.717, 1.165) is 19.4 Å². The molecule has 88 valence electrons. The van der Waals surface area contributed by atoms with Crippen LogP contribution >= 0.6 is 0 Å². The summed E-state index contributed by atoms with van der Waals surface area (Å²) < 4.78 is 14.8. The molecule has 2 atom stereocenters. The smallest absolute Gasteiger partial charge is 0.140 e. The number of nitrogens with two attached hydrogens (primary N) is 1. The third-order valence-electron chi connectivity index (χ3n) is 3.43. The molecular formula is C12H18FN3. The lowest BCUT2D eigenvalue weighted by atomic mass is 9.80. The van der Waals surface area contributed by atoms with Crippen LogP contribution in [-0.2, 0) is 5.67 Å². The van der Waals surface area contributed by atoms with Crippen molar-refractivity contribution in [2.24, 2.45) is 5.92 Å². The predicted molar refractivity (Wildman–Crippen MR) is 62.7 cm³/mol. The average Bonchev–Trinajstić information content (AvgIpc) is 2.30. The molecule has 0 amide bonds. The molecule has 1 aromatic rings. The van der Waals surface area contributed by atoms with Gasteiger partial charge >= 0.3 is 0 Å². The Morgan fingerprint density at radius 2 is 2.44 bits per heavy atom. The molecule has 1 aromatic heterocycles. The zero-order valence-electron chi connectivity index (χ0n) is 9.54. The highest BCUT2D eigenvalue weighted by Crippen LogP contribution is 2.39. The normalized spacial score (nSPS) is 25.0. The minimum Gasteiger partial charge on any atom is -0.383 e. The third-order valence-corrected chi connectivity index (χ3v) is 3.43. The molecule has 1 aliphatic rings. The van der Waals surface area contributed by atoms with Crippen LogP contribution in [0.2, 0.25) is 0 Å². The van der Waals surface area contributed by atoms with Gasteiger partial charge in [-0.25, -0.2) is 9.37 Å². The fraction of sp³-hybridized carbons (Fsp3) is 0.583. The molecule has 1 saturated heterocycles. The highest BCUT2D eigenvalue weighted by Gasteiger charge is 2.38. The van der Waals surface area contributed by atoms with Crippen molar-refractivity contribution in [1.29, 1.82) is 0 Å². The van der Waals surface area contributed by atoms with E-state index in [4.69, 9.17) is 5.73 Å². The Bertz CT molecular complexity index is 359. The minimum absolute atomic E-state index is 0.0206. The number of nitrogen functional groups attached to an aromatic ring is 1. The number of aromatic nitrogens is 1. The van der Waals surface area contributed by atoms with Gasteiger partial charge in [0, 0.05) is 24.2 Å². The van der Waals surface area contributed by atoms with E-state index in [1.807, 2.05) is 0 Å². The second-order valence-corrected chi connectivity index (χ2v) is 4.56. The Morgan fingerprint density at radius 1 is 1.62 bits per heavy atom. The number of nitrogens with zero attached hydrogens (tertiary/aromatic N) is 1. The molecule has 16 heavy (non-hydrogen) atoms. The van der Waals surface area contributed by atoms with Gasteiger partial charge in [0.25, 0.3) is 0 Å². The largest absolute Gasteiger partial charge is 0.383 e. The lowest BCUT2D eigenvalue weighted by Gasteiger charge is -2.34. The Kier molecular flexibility index (Phi) is 3.10. The van der Waals surface area contributed by atoms with E-state index in [9.17, 15) is 4.39 Å². The number of alkyl halides is 1. The number of halogens is 1. The summed E-state index contributed by atoms with van der Waals surface area (Å²) in [7, 11) is 0. The van der Waals surface area contributed by atoms with Crippen LogP contribution in [0.1, 0.15) is 25.3 Å². The molecule has 2 heterocycles. The minimum atomic E-state index is -1.40. The number of nitrogens with one attached hydrogen (secondary N) is 1. The fourth-order valence-electron chi connectivity index (χ4n) is 2.37. The van der Waals surface area contributed by atoms with E-state index in [2.05, 4.69) is 10.3 Å². The number of hydrogen-bond acceptors (Lipinski definition) is 3. The Labute approximate surface area is 95.3 Å². The summed E-state index contributed by atoms with van der Waals surface area (Å²) in [5.41, 5.74) is 4.86. The first-order valence-corrected chi connectivity index (χ1v) is 5.73. The topological polar surface area (TPSA) is 50.9 Å². The molecule has 0 radical (unpaired) electrons. The van der Waals surface area contributed by atoms with Crippen molar-refractivity contribution in [2.75, 3.05) is 18.8 Å². The van der Waals surface area contributed by atoms with Crippen LogP contribution in [0, 0.1) is 5.92 Å². The van der Waals surface area contributed by atoms with Crippen molar-refractivity contribution in [2.45, 2.75) is 25.4 Å². The molecule has 0 aliphatic carbocycles. The molecule has 0 saturated carbocycles. The highest BCUT2D eigenvalue weighted by molar-refractivity contribution is 5.43. The third kappa shape index (κ3) is 2.02. The zero-order chi connectivity index (χ0) is 11.6. The maximum absolute atomic E-state index is 14.8. The summed E-state index contributed by atoms with van der Waals surface area (Å²) in [6, 6.07) is 3.47. The zero-order valence-corrected chi connectivity index (χ0v) is 9.54. The molecule has 4 heteroatoms. The van der Waals surface area contributed by atoms with Gasteiger partial charge in [0.1, 0.15) is 11.5 Å². The van der Waals surface area contributed by atoms with Crippen LogP contribution < -0.4 is 11.1 Å². The van der Waals surface area contributed by atoms with Gasteiger partial charge in [0.2, 0.25) is 0 Å². The van der Waals surface area contributed by atoms with E-state index in [-0.39, 0.29) is 5.92 Å². The number of hydrogen-bond donors (Lipinski definition) is 2. The predicted octanol–water partition coefficient (Wildman–Crippen LogP) is 1.85. The van der Waals surface area contributed by atoms with Gasteiger partial charge in [0.15, 0.2) is 0 Å². The fourth-order valence-corrected chi connectivity index (χ4v) is 2.37. The molecule has 0 bridgehead atoms. The average molecular weight is 223 g/mol. The monoisotopic (exact) mass is 223 g/mol. The first-order valence-electron chi connectivity index (χ1n) is 5.73. The summed E-state index contributed by atoms with van der Waals surface area (Å²) in [6.45, 7) is 3.30. The number of anilines is 1. The second kappa shape index (κ2) is 4.37. The standard InChI is InChI=1S/C12H18FN3/c1-12(13,9-4-2-6-15-8-9)10-5-3-7-16-11(10)14/h3,5,7,9,15H,2,4,6,8H2,1H3,(H2,14,16). The maximum Gasteiger partial charge on any atom is 0.140 e. The van der Waals surface area contributed by atoms with Gasteiger partial charge in [-0.3, -0.25) is 0 Å². The molecule has 0 spiro atoms. The number of pyridine rings is 1. The van der Waals surface area contributed by atoms with E-state index in [1.165, 1.54) is 0 Å². The SMILES string of the molecule is CC(F)(c1cccnc1N)C1CCCNC1. The van der Waals surface area contributed by atoms with Crippen LogP contribution in [0.4, 0.5) is 10.2 Å². The molecule has 2 rings (SSSR count). The van der Waals surface area contributed by atoms with Crippen LogP contribution in [0.15, 0.2) is 18.3 Å². The van der Waals surface area contributed by atoms with Crippen LogP contribution in [0.3, 0.4) is 0 Å². The van der Waals surface area contributed by atoms with Crippen molar-refractivity contribution in [3.8, 4) is 0 Å². The lowest BCUT2D eigenvalue weighted by molar-refractivity contribution is 0.0817. The lowest BCUT2D eigenvalue weighted by Crippen LogP contribution is -2.40. The molecule has 1 fully saturated rings. The first kappa shape index (κ1) is 11.3. The molecule has 3 N–H and O–H groups in total. The molecule has 1 aliphatic heterocycles. The Hall–Kier alpha value is -1.16. The van der Waals surface area contributed by atoms with Gasteiger partial charge in [-0.05, 0) is 32.4 Å². The number of rotatable bonds is 2. The summed E-state index contributed by atoms with van der Waals surface area (Å²) in [4.78, 5) is 3.96. The number of piperidine rings is 1. The second-order valence-electron chi connectivity index (χ2n) is 4.56. The van der Waals surface area contributed by atoms with E-state index < -0.39 is 5.67 Å². The van der Waals surface area contributed by atoms with Crippen LogP contribution in [0.5, 0.6) is 0 Å². The van der Waals surface area contributed by atoms with Gasteiger partial charge in [0.05, 0.1) is 0 Å². The molecular weight excluding hydrogens is 205 g/mol. The quantitative estimate of drug-likeness (QED) is 0.804. The molecule has 3 nitrogen and oxygen atoms in total. The maximum atomic E-state index is 14.8. The summed E-state index contributed by atoms with van der Waals surface area (Å²) in [5.74, 6) is 0.283. The first-order chi connectivity index (χ1) is 7.62. The Morgan fingerprint density at radius 3 is 3.06 bits per heavy atom. The molecule has 0 aromatic carbocycles. The molecule has 2 unspecified atom stereocenters. The summed E-state index contributed by atoms with van der Waals surface area (Å²) >= 11 is 0. The summed E-state index contributed by atoms with van der Waals surface area (Å²) in [5, 5.41) is 3.23. The Balaban J connectivity index is 2.26. The van der Waals surface area contributed by atoms with Gasteiger partial charge in [-0.15, -0.1) is 0 Å². The van der Waals surface area contributed by atoms with Crippen molar-refractivity contribution < 1.29 is 4.39 Å². The van der Waals surface area contributed by atoms with Gasteiger partial charge in [-0.1, -0.05) is 6.07 Å². The van der Waals surface area contributed by atoms with Crippen LogP contribution in [-0.4, -0.2) is 18.1 Å². The van der Waals surface area contributed by atoms with Crippen molar-refractivity contribution >= 4 is 5.82 Å². The van der Waals surface area contributed by atoms with E-state index in [0.29, 0.717) is 17.9 Å².